The zero-order valence-corrected chi connectivity index (χ0v) is 16.5. The van der Waals surface area contributed by atoms with E-state index < -0.39 is 0 Å². The van der Waals surface area contributed by atoms with Crippen molar-refractivity contribution >= 4 is 40.8 Å². The number of thioether (sulfide) groups is 2. The van der Waals surface area contributed by atoms with Gasteiger partial charge >= 0.3 is 0 Å². The van der Waals surface area contributed by atoms with Gasteiger partial charge in [0.1, 0.15) is 0 Å². The number of nitrogens with zero attached hydrogens (tertiary/aromatic N) is 2. The summed E-state index contributed by atoms with van der Waals surface area (Å²) in [6.07, 6.45) is 3.59. The molecule has 1 amide bonds. The summed E-state index contributed by atoms with van der Waals surface area (Å²) in [5, 5.41) is 11.5. The number of hydrogen-bond donors (Lipinski definition) is 1. The lowest BCUT2D eigenvalue weighted by Gasteiger charge is -2.34. The first-order valence-corrected chi connectivity index (χ1v) is 10.8. The number of carbonyl (C=O) groups is 1. The van der Waals surface area contributed by atoms with E-state index in [2.05, 4.69) is 35.9 Å². The number of carbonyl (C=O) groups excluding carboxylic acids is 1. The Morgan fingerprint density at radius 2 is 1.91 bits per heavy atom. The van der Waals surface area contributed by atoms with Crippen LogP contribution >= 0.6 is 34.9 Å². The quantitative estimate of drug-likeness (QED) is 0.574. The molecule has 1 saturated carbocycles. The highest BCUT2D eigenvalue weighted by molar-refractivity contribution is 8.03. The van der Waals surface area contributed by atoms with Crippen LogP contribution in [0, 0.1) is 11.8 Å². The van der Waals surface area contributed by atoms with Crippen molar-refractivity contribution in [2.24, 2.45) is 11.8 Å². The minimum atomic E-state index is 0.104. The largest absolute Gasteiger partial charge is 0.352 e. The third-order valence-electron chi connectivity index (χ3n) is 4.21. The number of nitrogens with one attached hydrogen (secondary N) is 1. The van der Waals surface area contributed by atoms with Crippen molar-refractivity contribution in [3.63, 3.8) is 0 Å². The predicted octanol–water partition coefficient (Wildman–Crippen LogP) is 4.24. The highest BCUT2D eigenvalue weighted by Gasteiger charge is 2.28. The van der Waals surface area contributed by atoms with Gasteiger partial charge in [0.2, 0.25) is 5.91 Å². The van der Waals surface area contributed by atoms with E-state index in [9.17, 15) is 4.79 Å². The summed E-state index contributed by atoms with van der Waals surface area (Å²) in [7, 11) is 0. The molecule has 1 heterocycles. The first-order chi connectivity index (χ1) is 11.0. The van der Waals surface area contributed by atoms with E-state index in [4.69, 9.17) is 0 Å². The molecule has 2 rings (SSSR count). The molecule has 1 aliphatic rings. The minimum Gasteiger partial charge on any atom is -0.352 e. The zero-order chi connectivity index (χ0) is 16.8. The molecule has 0 aliphatic heterocycles. The van der Waals surface area contributed by atoms with Gasteiger partial charge in [-0.15, -0.1) is 10.2 Å². The van der Waals surface area contributed by atoms with Gasteiger partial charge in [-0.3, -0.25) is 4.79 Å². The molecule has 1 aromatic heterocycles. The van der Waals surface area contributed by atoms with E-state index in [0.29, 0.717) is 23.6 Å². The van der Waals surface area contributed by atoms with Crippen LogP contribution in [0.1, 0.15) is 40.0 Å². The van der Waals surface area contributed by atoms with E-state index in [0.717, 1.165) is 26.4 Å². The van der Waals surface area contributed by atoms with E-state index in [1.807, 2.05) is 6.92 Å². The fourth-order valence-corrected chi connectivity index (χ4v) is 5.33. The Kier molecular flexibility index (Phi) is 7.43. The SMILES string of the molecule is C=C(C)CSc1nnc(SCC(=O)N[C@@H]2CCC[C@H](C)[C@H]2C)s1. The Bertz CT molecular complexity index is 546. The van der Waals surface area contributed by atoms with E-state index in [-0.39, 0.29) is 5.91 Å². The van der Waals surface area contributed by atoms with Crippen molar-refractivity contribution in [1.29, 1.82) is 0 Å². The summed E-state index contributed by atoms with van der Waals surface area (Å²) >= 11 is 4.66. The fraction of sp³-hybridized carbons (Fsp3) is 0.688. The van der Waals surface area contributed by atoms with Crippen molar-refractivity contribution in [3.05, 3.63) is 12.2 Å². The van der Waals surface area contributed by atoms with Crippen LogP contribution < -0.4 is 5.32 Å². The average Bonchev–Trinajstić information content (AvgIpc) is 2.96. The predicted molar refractivity (Wildman–Crippen MR) is 100 cm³/mol. The second-order valence-electron chi connectivity index (χ2n) is 6.31. The van der Waals surface area contributed by atoms with E-state index >= 15 is 0 Å². The maximum absolute atomic E-state index is 12.2. The molecule has 7 heteroatoms. The molecule has 1 N–H and O–H groups in total. The summed E-state index contributed by atoms with van der Waals surface area (Å²) in [4.78, 5) is 12.2. The lowest BCUT2D eigenvalue weighted by Crippen LogP contribution is -2.44. The number of aromatic nitrogens is 2. The van der Waals surface area contributed by atoms with Gasteiger partial charge < -0.3 is 5.32 Å². The fourth-order valence-electron chi connectivity index (χ4n) is 2.66. The zero-order valence-electron chi connectivity index (χ0n) is 14.0. The second kappa shape index (κ2) is 9.08. The van der Waals surface area contributed by atoms with Crippen LogP contribution in [0.25, 0.3) is 0 Å². The standard InChI is InChI=1S/C16H25N3OS3/c1-10(2)8-21-15-18-19-16(23-15)22-9-14(20)17-13-7-5-6-11(3)12(13)4/h11-13H,1,5-9H2,2-4H3,(H,17,20)/t11-,12+,13+/m0/s1. The highest BCUT2D eigenvalue weighted by Crippen LogP contribution is 2.31. The van der Waals surface area contributed by atoms with Crippen LogP contribution in [0.5, 0.6) is 0 Å². The van der Waals surface area contributed by atoms with Gasteiger partial charge in [0.15, 0.2) is 8.68 Å². The van der Waals surface area contributed by atoms with Crippen molar-refractivity contribution in [2.75, 3.05) is 11.5 Å². The molecule has 23 heavy (non-hydrogen) atoms. The summed E-state index contributed by atoms with van der Waals surface area (Å²) in [6.45, 7) is 10.4. The molecule has 0 spiro atoms. The Hall–Kier alpha value is -0.530. The molecular formula is C16H25N3OS3. The van der Waals surface area contributed by atoms with Crippen LogP contribution in [0.15, 0.2) is 20.8 Å². The normalized spacial score (nSPS) is 24.4. The lowest BCUT2D eigenvalue weighted by molar-refractivity contribution is -0.119. The van der Waals surface area contributed by atoms with Crippen LogP contribution in [-0.4, -0.2) is 33.7 Å². The molecule has 0 radical (unpaired) electrons. The van der Waals surface area contributed by atoms with Crippen molar-refractivity contribution < 1.29 is 4.79 Å². The van der Waals surface area contributed by atoms with E-state index in [1.165, 1.54) is 24.6 Å². The lowest BCUT2D eigenvalue weighted by atomic mass is 9.78. The molecule has 1 aromatic rings. The Labute approximate surface area is 151 Å². The number of hydrogen-bond acceptors (Lipinski definition) is 6. The maximum atomic E-state index is 12.2. The minimum absolute atomic E-state index is 0.104. The summed E-state index contributed by atoms with van der Waals surface area (Å²) < 4.78 is 1.79. The number of rotatable bonds is 7. The molecule has 1 aliphatic carbocycles. The second-order valence-corrected chi connectivity index (χ2v) is 9.73. The van der Waals surface area contributed by atoms with Crippen LogP contribution in [0.3, 0.4) is 0 Å². The molecule has 0 bridgehead atoms. The molecule has 4 nitrogen and oxygen atoms in total. The third-order valence-corrected chi connectivity index (χ3v) is 7.63. The molecule has 0 saturated heterocycles. The van der Waals surface area contributed by atoms with Gasteiger partial charge in [0.25, 0.3) is 0 Å². The Balaban J connectivity index is 1.75. The average molecular weight is 372 g/mol. The molecular weight excluding hydrogens is 346 g/mol. The summed E-state index contributed by atoms with van der Waals surface area (Å²) in [5.41, 5.74) is 1.12. The van der Waals surface area contributed by atoms with Crippen molar-refractivity contribution in [1.82, 2.24) is 15.5 Å². The highest BCUT2D eigenvalue weighted by atomic mass is 32.2. The van der Waals surface area contributed by atoms with Gasteiger partial charge in [-0.2, -0.15) is 0 Å². The van der Waals surface area contributed by atoms with Gasteiger partial charge in [-0.1, -0.05) is 73.7 Å². The molecule has 1 fully saturated rings. The van der Waals surface area contributed by atoms with Crippen LogP contribution in [0.2, 0.25) is 0 Å². The van der Waals surface area contributed by atoms with Gasteiger partial charge in [-0.25, -0.2) is 0 Å². The first-order valence-electron chi connectivity index (χ1n) is 7.98. The summed E-state index contributed by atoms with van der Waals surface area (Å²) in [6, 6.07) is 0.322. The Morgan fingerprint density at radius 1 is 1.26 bits per heavy atom. The smallest absolute Gasteiger partial charge is 0.230 e. The monoisotopic (exact) mass is 371 g/mol. The Morgan fingerprint density at radius 3 is 2.57 bits per heavy atom. The molecule has 0 aromatic carbocycles. The van der Waals surface area contributed by atoms with Gasteiger partial charge in [0, 0.05) is 11.8 Å². The number of amides is 1. The van der Waals surface area contributed by atoms with Crippen molar-refractivity contribution in [3.8, 4) is 0 Å². The first kappa shape index (κ1) is 18.8. The van der Waals surface area contributed by atoms with E-state index in [1.54, 1.807) is 23.1 Å². The summed E-state index contributed by atoms with van der Waals surface area (Å²) in [5.74, 6) is 2.63. The van der Waals surface area contributed by atoms with Crippen molar-refractivity contribution in [2.45, 2.75) is 54.8 Å². The molecule has 3 atom stereocenters. The van der Waals surface area contributed by atoms with Crippen LogP contribution in [0.4, 0.5) is 0 Å². The molecule has 128 valence electrons. The van der Waals surface area contributed by atoms with Crippen LogP contribution in [-0.2, 0) is 4.79 Å². The van der Waals surface area contributed by atoms with Gasteiger partial charge in [0.05, 0.1) is 5.75 Å². The molecule has 0 unspecified atom stereocenters. The van der Waals surface area contributed by atoms with Gasteiger partial charge in [-0.05, 0) is 25.2 Å². The topological polar surface area (TPSA) is 54.9 Å². The third kappa shape index (κ3) is 6.12. The maximum Gasteiger partial charge on any atom is 0.230 e.